The van der Waals surface area contributed by atoms with Gasteiger partial charge in [0.15, 0.2) is 6.10 Å². The quantitative estimate of drug-likeness (QED) is 0.744. The van der Waals surface area contributed by atoms with Crippen LogP contribution in [0.3, 0.4) is 0 Å². The summed E-state index contributed by atoms with van der Waals surface area (Å²) < 4.78 is 15.0. The van der Waals surface area contributed by atoms with Gasteiger partial charge in [0.1, 0.15) is 11.3 Å². The standard InChI is InChI=1S/C20H24N2O6/c1-13(17(23)22-20(12-21)7-5-4-6-8-20)28-16-10-14(18(24)26-2)9-15(11-16)19(25)27-3/h9-11,13H,4-8H2,1-3H3,(H,22,23)/t13-/m1/s1. The lowest BCUT2D eigenvalue weighted by atomic mass is 9.83. The SMILES string of the molecule is COC(=O)c1cc(O[C@H](C)C(=O)NC2(C#N)CCCCC2)cc(C(=O)OC)c1. The number of nitrogens with one attached hydrogen (secondary N) is 1. The van der Waals surface area contributed by atoms with Crippen molar-refractivity contribution in [2.45, 2.75) is 50.7 Å². The van der Waals surface area contributed by atoms with Crippen LogP contribution in [0, 0.1) is 11.3 Å². The van der Waals surface area contributed by atoms with Gasteiger partial charge in [0.2, 0.25) is 0 Å². The van der Waals surface area contributed by atoms with Gasteiger partial charge in [-0.2, -0.15) is 5.26 Å². The molecule has 0 aliphatic heterocycles. The number of amides is 1. The zero-order valence-electron chi connectivity index (χ0n) is 16.2. The molecule has 1 amide bonds. The van der Waals surface area contributed by atoms with Crippen LogP contribution in [-0.2, 0) is 14.3 Å². The maximum atomic E-state index is 12.6. The first-order valence-electron chi connectivity index (χ1n) is 9.06. The summed E-state index contributed by atoms with van der Waals surface area (Å²) in [4.78, 5) is 36.3. The van der Waals surface area contributed by atoms with Crippen LogP contribution in [0.15, 0.2) is 18.2 Å². The highest BCUT2D eigenvalue weighted by Crippen LogP contribution is 2.28. The Bertz CT molecular complexity index is 758. The van der Waals surface area contributed by atoms with Crippen LogP contribution in [0.1, 0.15) is 59.7 Å². The van der Waals surface area contributed by atoms with E-state index >= 15 is 0 Å². The molecule has 2 rings (SSSR count). The number of methoxy groups -OCH3 is 2. The normalized spacial score (nSPS) is 16.2. The highest BCUT2D eigenvalue weighted by molar-refractivity contribution is 5.96. The fraction of sp³-hybridized carbons (Fsp3) is 0.500. The Hall–Kier alpha value is -3.08. The van der Waals surface area contributed by atoms with Crippen LogP contribution in [0.25, 0.3) is 0 Å². The fourth-order valence-corrected chi connectivity index (χ4v) is 3.15. The molecule has 1 aliphatic rings. The van der Waals surface area contributed by atoms with Gasteiger partial charge in [0.05, 0.1) is 31.4 Å². The maximum Gasteiger partial charge on any atom is 0.338 e. The zero-order chi connectivity index (χ0) is 20.7. The van der Waals surface area contributed by atoms with E-state index in [2.05, 4.69) is 20.9 Å². The molecule has 0 bridgehead atoms. The molecule has 8 heteroatoms. The van der Waals surface area contributed by atoms with Gasteiger partial charge < -0.3 is 19.5 Å². The molecule has 150 valence electrons. The van der Waals surface area contributed by atoms with Crippen molar-refractivity contribution in [3.05, 3.63) is 29.3 Å². The van der Waals surface area contributed by atoms with Crippen molar-refractivity contribution in [1.29, 1.82) is 5.26 Å². The number of ether oxygens (including phenoxy) is 3. The van der Waals surface area contributed by atoms with Crippen molar-refractivity contribution >= 4 is 17.8 Å². The molecule has 28 heavy (non-hydrogen) atoms. The van der Waals surface area contributed by atoms with Gasteiger partial charge in [-0.15, -0.1) is 0 Å². The highest BCUT2D eigenvalue weighted by Gasteiger charge is 2.35. The Kier molecular flexibility index (Phi) is 6.99. The van der Waals surface area contributed by atoms with E-state index < -0.39 is 29.5 Å². The minimum atomic E-state index is -0.939. The minimum absolute atomic E-state index is 0.0915. The monoisotopic (exact) mass is 388 g/mol. The summed E-state index contributed by atoms with van der Waals surface area (Å²) >= 11 is 0. The van der Waals surface area contributed by atoms with Crippen molar-refractivity contribution in [3.63, 3.8) is 0 Å². The molecule has 0 saturated heterocycles. The van der Waals surface area contributed by atoms with Gasteiger partial charge >= 0.3 is 11.9 Å². The number of hydrogen-bond acceptors (Lipinski definition) is 7. The molecule has 0 heterocycles. The third-order valence-electron chi connectivity index (χ3n) is 4.71. The van der Waals surface area contributed by atoms with Crippen molar-refractivity contribution in [1.82, 2.24) is 5.32 Å². The average Bonchev–Trinajstić information content (AvgIpc) is 2.72. The molecule has 1 atom stereocenters. The summed E-state index contributed by atoms with van der Waals surface area (Å²) in [6.07, 6.45) is 3.07. The largest absolute Gasteiger partial charge is 0.481 e. The summed E-state index contributed by atoms with van der Waals surface area (Å²) in [6.45, 7) is 1.53. The Morgan fingerprint density at radius 3 is 2.04 bits per heavy atom. The van der Waals surface area contributed by atoms with Crippen LogP contribution in [0.5, 0.6) is 5.75 Å². The van der Waals surface area contributed by atoms with Crippen LogP contribution < -0.4 is 10.1 Å². The molecule has 8 nitrogen and oxygen atoms in total. The molecule has 0 radical (unpaired) electrons. The summed E-state index contributed by atoms with van der Waals surface area (Å²) in [7, 11) is 2.44. The zero-order valence-corrected chi connectivity index (χ0v) is 16.2. The van der Waals surface area contributed by atoms with Crippen molar-refractivity contribution in [3.8, 4) is 11.8 Å². The first kappa shape index (κ1) is 21.2. The topological polar surface area (TPSA) is 115 Å². The predicted molar refractivity (Wildman–Crippen MR) is 98.8 cm³/mol. The number of nitrogens with zero attached hydrogens (tertiary/aromatic N) is 1. The van der Waals surface area contributed by atoms with Crippen molar-refractivity contribution in [2.24, 2.45) is 0 Å². The van der Waals surface area contributed by atoms with Crippen molar-refractivity contribution in [2.75, 3.05) is 14.2 Å². The minimum Gasteiger partial charge on any atom is -0.481 e. The Labute approximate surface area is 163 Å². The van der Waals surface area contributed by atoms with E-state index in [1.807, 2.05) is 0 Å². The molecule has 1 N–H and O–H groups in total. The molecule has 0 spiro atoms. The van der Waals surface area contributed by atoms with E-state index in [9.17, 15) is 19.6 Å². The van der Waals surface area contributed by atoms with Crippen LogP contribution in [-0.4, -0.2) is 43.7 Å². The molecular weight excluding hydrogens is 364 g/mol. The van der Waals surface area contributed by atoms with E-state index in [1.54, 1.807) is 0 Å². The summed E-state index contributed by atoms with van der Waals surface area (Å²) in [5, 5.41) is 12.3. The first-order valence-corrected chi connectivity index (χ1v) is 9.06. The Morgan fingerprint density at radius 1 is 1.04 bits per heavy atom. The summed E-state index contributed by atoms with van der Waals surface area (Å²) in [5.74, 6) is -1.61. The van der Waals surface area contributed by atoms with E-state index in [0.717, 1.165) is 19.3 Å². The van der Waals surface area contributed by atoms with E-state index in [-0.39, 0.29) is 16.9 Å². The molecule has 1 aromatic carbocycles. The lowest BCUT2D eigenvalue weighted by Gasteiger charge is -2.32. The maximum absolute atomic E-state index is 12.6. The molecule has 1 saturated carbocycles. The number of carbonyl (C=O) groups excluding carboxylic acids is 3. The second kappa shape index (κ2) is 9.22. The molecule has 1 aliphatic carbocycles. The Balaban J connectivity index is 2.18. The second-order valence-corrected chi connectivity index (χ2v) is 6.73. The van der Waals surface area contributed by atoms with Gasteiger partial charge in [-0.25, -0.2) is 9.59 Å². The number of nitriles is 1. The van der Waals surface area contributed by atoms with E-state index in [0.29, 0.717) is 12.8 Å². The number of rotatable bonds is 6. The van der Waals surface area contributed by atoms with Crippen molar-refractivity contribution < 1.29 is 28.6 Å². The van der Waals surface area contributed by atoms with Crippen LogP contribution in [0.2, 0.25) is 0 Å². The number of hydrogen-bond donors (Lipinski definition) is 1. The van der Waals surface area contributed by atoms with Crippen LogP contribution in [0.4, 0.5) is 0 Å². The lowest BCUT2D eigenvalue weighted by Crippen LogP contribution is -2.52. The molecular formula is C20H24N2O6. The second-order valence-electron chi connectivity index (χ2n) is 6.73. The molecule has 0 unspecified atom stereocenters. The summed E-state index contributed by atoms with van der Waals surface area (Å²) in [6, 6.07) is 6.30. The number of esters is 2. The Morgan fingerprint density at radius 2 is 1.57 bits per heavy atom. The van der Waals surface area contributed by atoms with E-state index in [4.69, 9.17) is 4.74 Å². The summed E-state index contributed by atoms with van der Waals surface area (Å²) in [5.41, 5.74) is -0.694. The highest BCUT2D eigenvalue weighted by atomic mass is 16.5. The van der Waals surface area contributed by atoms with E-state index in [1.165, 1.54) is 39.3 Å². The van der Waals surface area contributed by atoms with Gasteiger partial charge in [-0.05, 0) is 38.0 Å². The van der Waals surface area contributed by atoms with Gasteiger partial charge in [-0.3, -0.25) is 4.79 Å². The average molecular weight is 388 g/mol. The van der Waals surface area contributed by atoms with Gasteiger partial charge in [-0.1, -0.05) is 19.3 Å². The number of carbonyl (C=O) groups is 3. The number of benzene rings is 1. The smallest absolute Gasteiger partial charge is 0.338 e. The third kappa shape index (κ3) is 5.00. The van der Waals surface area contributed by atoms with Gasteiger partial charge in [0, 0.05) is 0 Å². The third-order valence-corrected chi connectivity index (χ3v) is 4.71. The fourth-order valence-electron chi connectivity index (χ4n) is 3.15. The van der Waals surface area contributed by atoms with Crippen LogP contribution >= 0.6 is 0 Å². The lowest BCUT2D eigenvalue weighted by molar-refractivity contribution is -0.129. The molecule has 1 fully saturated rings. The predicted octanol–water partition coefficient (Wildman–Crippen LogP) is 2.37. The van der Waals surface area contributed by atoms with Gasteiger partial charge in [0.25, 0.3) is 5.91 Å². The molecule has 1 aromatic rings. The molecule has 0 aromatic heterocycles. The first-order chi connectivity index (χ1) is 13.3.